The highest BCUT2D eigenvalue weighted by Crippen LogP contribution is 2.17. The minimum absolute atomic E-state index is 0.0658. The quantitative estimate of drug-likeness (QED) is 0.841. The minimum Gasteiger partial charge on any atom is -0.339 e. The van der Waals surface area contributed by atoms with Crippen LogP contribution in [0.25, 0.3) is 0 Å². The Labute approximate surface area is 94.1 Å². The molecule has 15 heavy (non-hydrogen) atoms. The molecule has 1 fully saturated rings. The van der Waals surface area contributed by atoms with Gasteiger partial charge in [0.25, 0.3) is 0 Å². The first-order valence-electron chi connectivity index (χ1n) is 5.20. The van der Waals surface area contributed by atoms with Crippen LogP contribution in [0.5, 0.6) is 0 Å². The summed E-state index contributed by atoms with van der Waals surface area (Å²) in [6, 6.07) is 4.26. The lowest BCUT2D eigenvalue weighted by atomic mass is 10.1. The van der Waals surface area contributed by atoms with Gasteiger partial charge in [-0.2, -0.15) is 0 Å². The highest BCUT2D eigenvalue weighted by Gasteiger charge is 2.27. The summed E-state index contributed by atoms with van der Waals surface area (Å²) in [5.41, 5.74) is 0. The number of hydrogen-bond donors (Lipinski definition) is 1. The average Bonchev–Trinajstić information content (AvgIpc) is 2.48. The number of nitrogens with one attached hydrogen (secondary N) is 1. The second-order valence-electron chi connectivity index (χ2n) is 4.00. The number of hydrogen-bond acceptors (Lipinski definition) is 3. The van der Waals surface area contributed by atoms with E-state index in [2.05, 4.69) is 24.4 Å². The first-order chi connectivity index (χ1) is 7.16. The van der Waals surface area contributed by atoms with Gasteiger partial charge in [0.2, 0.25) is 5.91 Å². The zero-order chi connectivity index (χ0) is 10.8. The molecule has 0 unspecified atom stereocenters. The predicted octanol–water partition coefficient (Wildman–Crippen LogP) is 1.38. The normalized spacial score (nSPS) is 19.7. The molecule has 0 radical (unpaired) electrons. The summed E-state index contributed by atoms with van der Waals surface area (Å²) in [5, 5.41) is 3.13. The van der Waals surface area contributed by atoms with Crippen molar-refractivity contribution in [1.29, 1.82) is 0 Å². The fraction of sp³-hybridized carbons (Fsp3) is 0.545. The molecule has 1 atom stereocenters. The van der Waals surface area contributed by atoms with Gasteiger partial charge >= 0.3 is 0 Å². The van der Waals surface area contributed by atoms with Crippen molar-refractivity contribution in [2.45, 2.75) is 25.9 Å². The molecular weight excluding hydrogens is 208 g/mol. The Kier molecular flexibility index (Phi) is 3.07. The Morgan fingerprint density at radius 3 is 2.87 bits per heavy atom. The van der Waals surface area contributed by atoms with Crippen molar-refractivity contribution in [3.05, 3.63) is 21.9 Å². The van der Waals surface area contributed by atoms with Gasteiger partial charge in [-0.1, -0.05) is 0 Å². The Morgan fingerprint density at radius 2 is 2.40 bits per heavy atom. The Hall–Kier alpha value is -0.870. The van der Waals surface area contributed by atoms with E-state index in [1.54, 1.807) is 11.3 Å². The van der Waals surface area contributed by atoms with Crippen molar-refractivity contribution in [3.8, 4) is 0 Å². The fourth-order valence-electron chi connectivity index (χ4n) is 1.65. The molecule has 1 aromatic heterocycles. The van der Waals surface area contributed by atoms with Crippen LogP contribution >= 0.6 is 11.3 Å². The molecule has 1 saturated heterocycles. The van der Waals surface area contributed by atoms with E-state index in [1.807, 2.05) is 11.9 Å². The average molecular weight is 224 g/mol. The summed E-state index contributed by atoms with van der Waals surface area (Å²) < 4.78 is 0. The number of amides is 1. The summed E-state index contributed by atoms with van der Waals surface area (Å²) >= 11 is 1.76. The smallest absolute Gasteiger partial charge is 0.239 e. The van der Waals surface area contributed by atoms with E-state index in [-0.39, 0.29) is 11.9 Å². The molecule has 1 aliphatic heterocycles. The van der Waals surface area contributed by atoms with E-state index >= 15 is 0 Å². The van der Waals surface area contributed by atoms with Gasteiger partial charge in [-0.25, -0.2) is 0 Å². The maximum Gasteiger partial charge on any atom is 0.239 e. The highest BCUT2D eigenvalue weighted by atomic mass is 32.1. The van der Waals surface area contributed by atoms with E-state index in [9.17, 15) is 4.79 Å². The molecule has 1 amide bonds. The topological polar surface area (TPSA) is 32.3 Å². The van der Waals surface area contributed by atoms with Gasteiger partial charge in [0.1, 0.15) is 0 Å². The lowest BCUT2D eigenvalue weighted by Crippen LogP contribution is -2.53. The van der Waals surface area contributed by atoms with Crippen LogP contribution in [0.1, 0.15) is 16.2 Å². The molecule has 1 aromatic rings. The van der Waals surface area contributed by atoms with Crippen LogP contribution in [-0.2, 0) is 11.3 Å². The van der Waals surface area contributed by atoms with Gasteiger partial charge in [0, 0.05) is 16.8 Å². The number of carbonyl (C=O) groups excluding carboxylic acids is 1. The van der Waals surface area contributed by atoms with Gasteiger partial charge in [0.15, 0.2) is 0 Å². The first-order valence-corrected chi connectivity index (χ1v) is 6.02. The van der Waals surface area contributed by atoms with Crippen LogP contribution in [0.3, 0.4) is 0 Å². The Balaban J connectivity index is 1.91. The summed E-state index contributed by atoms with van der Waals surface area (Å²) in [7, 11) is 1.87. The van der Waals surface area contributed by atoms with Crippen molar-refractivity contribution in [1.82, 2.24) is 10.2 Å². The summed E-state index contributed by atoms with van der Waals surface area (Å²) in [4.78, 5) is 16.2. The van der Waals surface area contributed by atoms with Gasteiger partial charge in [-0.05, 0) is 32.0 Å². The third-order valence-electron chi connectivity index (χ3n) is 2.69. The number of likely N-dealkylation sites (N-methyl/N-ethyl adjacent to an activating group) is 1. The molecule has 1 N–H and O–H groups in total. The predicted molar refractivity (Wildman–Crippen MR) is 61.9 cm³/mol. The maximum atomic E-state index is 11.8. The monoisotopic (exact) mass is 224 g/mol. The lowest BCUT2D eigenvalue weighted by Gasteiger charge is -2.30. The molecule has 82 valence electrons. The molecule has 2 heterocycles. The number of thiophene rings is 1. The van der Waals surface area contributed by atoms with E-state index in [4.69, 9.17) is 0 Å². The van der Waals surface area contributed by atoms with Crippen LogP contribution in [0.15, 0.2) is 12.1 Å². The fourth-order valence-corrected chi connectivity index (χ4v) is 2.59. The van der Waals surface area contributed by atoms with E-state index in [0.717, 1.165) is 19.5 Å². The molecule has 0 aromatic carbocycles. The second kappa shape index (κ2) is 4.33. The molecule has 2 rings (SSSR count). The third-order valence-corrected chi connectivity index (χ3v) is 3.67. The van der Waals surface area contributed by atoms with Gasteiger partial charge in [-0.15, -0.1) is 11.3 Å². The maximum absolute atomic E-state index is 11.8. The van der Waals surface area contributed by atoms with E-state index < -0.39 is 0 Å². The number of aryl methyl sites for hydroxylation is 1. The summed E-state index contributed by atoms with van der Waals surface area (Å²) in [6.07, 6.45) is 0.979. The molecule has 1 aliphatic rings. The zero-order valence-electron chi connectivity index (χ0n) is 9.12. The molecule has 0 bridgehead atoms. The van der Waals surface area contributed by atoms with Crippen molar-refractivity contribution in [2.24, 2.45) is 0 Å². The molecule has 4 heteroatoms. The third kappa shape index (κ3) is 2.38. The minimum atomic E-state index is 0.0658. The van der Waals surface area contributed by atoms with Gasteiger partial charge in [-0.3, -0.25) is 4.79 Å². The number of rotatable bonds is 3. The highest BCUT2D eigenvalue weighted by molar-refractivity contribution is 7.11. The van der Waals surface area contributed by atoms with Crippen LogP contribution < -0.4 is 5.32 Å². The number of nitrogens with zero attached hydrogens (tertiary/aromatic N) is 1. The summed E-state index contributed by atoms with van der Waals surface area (Å²) in [5.74, 6) is 0.215. The van der Waals surface area contributed by atoms with Crippen molar-refractivity contribution in [3.63, 3.8) is 0 Å². The van der Waals surface area contributed by atoms with Crippen LogP contribution in [0.4, 0.5) is 0 Å². The lowest BCUT2D eigenvalue weighted by molar-refractivity contribution is -0.134. The summed E-state index contributed by atoms with van der Waals surface area (Å²) in [6.45, 7) is 3.79. The van der Waals surface area contributed by atoms with Gasteiger partial charge < -0.3 is 10.2 Å². The number of carbonyl (C=O) groups is 1. The van der Waals surface area contributed by atoms with Crippen molar-refractivity contribution in [2.75, 3.05) is 13.6 Å². The molecule has 0 saturated carbocycles. The largest absolute Gasteiger partial charge is 0.339 e. The second-order valence-corrected chi connectivity index (χ2v) is 5.37. The molecular formula is C11H16N2OS. The van der Waals surface area contributed by atoms with E-state index in [0.29, 0.717) is 0 Å². The standard InChI is InChI=1S/C11H16N2OS/c1-8-3-4-9(15-8)7-13(2)11(14)10-5-6-12-10/h3-4,10,12H,5-7H2,1-2H3/t10-/m1/s1. The molecule has 3 nitrogen and oxygen atoms in total. The van der Waals surface area contributed by atoms with E-state index in [1.165, 1.54) is 9.75 Å². The Morgan fingerprint density at radius 1 is 1.67 bits per heavy atom. The zero-order valence-corrected chi connectivity index (χ0v) is 9.93. The SMILES string of the molecule is Cc1ccc(CN(C)C(=O)[C@H]2CCN2)s1. The van der Waals surface area contributed by atoms with Crippen molar-refractivity contribution < 1.29 is 4.79 Å². The Bertz CT molecular complexity index is 357. The van der Waals surface area contributed by atoms with Gasteiger partial charge in [0.05, 0.1) is 12.6 Å². The van der Waals surface area contributed by atoms with Crippen molar-refractivity contribution >= 4 is 17.2 Å². The molecule has 0 spiro atoms. The first kappa shape index (κ1) is 10.6. The van der Waals surface area contributed by atoms with Crippen LogP contribution in [0, 0.1) is 6.92 Å². The van der Waals surface area contributed by atoms with Crippen LogP contribution in [0.2, 0.25) is 0 Å². The van der Waals surface area contributed by atoms with Crippen LogP contribution in [-0.4, -0.2) is 30.4 Å². The molecule has 0 aliphatic carbocycles.